The van der Waals surface area contributed by atoms with Crippen LogP contribution in [0.1, 0.15) is 135 Å². The van der Waals surface area contributed by atoms with Crippen molar-refractivity contribution in [1.29, 1.82) is 0 Å². The van der Waals surface area contributed by atoms with Crippen molar-refractivity contribution in [2.75, 3.05) is 53.4 Å². The Kier molecular flexibility index (Phi) is 44.8. The van der Waals surface area contributed by atoms with Gasteiger partial charge in [-0.05, 0) is 57.4 Å². The number of hydrogen-bond donors (Lipinski definition) is 1. The molecule has 1 aromatic heterocycles. The summed E-state index contributed by atoms with van der Waals surface area (Å²) in [5.41, 5.74) is -1.93. The first kappa shape index (κ1) is 68.1. The molecule has 0 aromatic carbocycles. The van der Waals surface area contributed by atoms with Gasteiger partial charge in [-0.1, -0.05) is 90.2 Å². The fourth-order valence-corrected chi connectivity index (χ4v) is 6.26. The second-order valence-corrected chi connectivity index (χ2v) is 16.1. The average Bonchev–Trinajstić information content (AvgIpc) is 3.37. The number of rotatable bonds is 44. The zero-order chi connectivity index (χ0) is 54.2. The van der Waals surface area contributed by atoms with Crippen molar-refractivity contribution in [3.05, 3.63) is 94.7 Å². The molecule has 20 heteroatoms. The van der Waals surface area contributed by atoms with Crippen LogP contribution in [-0.2, 0) is 81.9 Å². The van der Waals surface area contributed by atoms with Gasteiger partial charge < -0.3 is 24.1 Å². The molecule has 0 atom stereocenters. The fraction of sp³-hybridized carbons (Fsp3) is 0.615. The van der Waals surface area contributed by atoms with Gasteiger partial charge in [0.2, 0.25) is 0 Å². The molecule has 1 rings (SSSR count). The van der Waals surface area contributed by atoms with Crippen LogP contribution in [0.5, 0.6) is 0 Å². The maximum Gasteiger partial charge on any atom is 0.336 e. The molecular formula is C52H81N3O17. The van der Waals surface area contributed by atoms with Gasteiger partial charge in [-0.3, -0.25) is 19.2 Å². The number of carbonyl (C=O) groups excluding carboxylic acids is 7. The highest BCUT2D eigenvalue weighted by Crippen LogP contribution is 2.10. The van der Waals surface area contributed by atoms with E-state index < -0.39 is 35.0 Å². The van der Waals surface area contributed by atoms with E-state index in [2.05, 4.69) is 47.4 Å². The zero-order valence-corrected chi connectivity index (χ0v) is 42.7. The van der Waals surface area contributed by atoms with Gasteiger partial charge >= 0.3 is 35.0 Å². The molecule has 0 aliphatic rings. The molecule has 1 heterocycles. The molecule has 0 amide bonds. The predicted molar refractivity (Wildman–Crippen MR) is 271 cm³/mol. The Balaban J connectivity index is 0. The smallest absolute Gasteiger partial charge is 0.336 e. The van der Waals surface area contributed by atoms with E-state index in [1.54, 1.807) is 13.2 Å². The molecule has 0 bridgehead atoms. The molecule has 0 unspecified atom stereocenters. The quantitative estimate of drug-likeness (QED) is 0.0119. The van der Waals surface area contributed by atoms with Crippen LogP contribution < -0.4 is 17.1 Å². The lowest BCUT2D eigenvalue weighted by Crippen LogP contribution is -2.54. The van der Waals surface area contributed by atoms with Gasteiger partial charge in [-0.25, -0.2) is 52.2 Å². The van der Waals surface area contributed by atoms with E-state index in [9.17, 15) is 47.9 Å². The third-order valence-corrected chi connectivity index (χ3v) is 10.2. The van der Waals surface area contributed by atoms with Gasteiger partial charge in [0.05, 0.1) is 19.6 Å². The van der Waals surface area contributed by atoms with Gasteiger partial charge in [0.15, 0.2) is 17.3 Å². The molecule has 1 aromatic rings. The lowest BCUT2D eigenvalue weighted by atomic mass is 10.1. The second kappa shape index (κ2) is 47.4. The van der Waals surface area contributed by atoms with Crippen LogP contribution in [0.3, 0.4) is 0 Å². The monoisotopic (exact) mass is 1020 g/mol. The van der Waals surface area contributed by atoms with Gasteiger partial charge in [0.25, 0.3) is 0 Å². The van der Waals surface area contributed by atoms with E-state index in [-0.39, 0.29) is 81.9 Å². The van der Waals surface area contributed by atoms with Gasteiger partial charge in [0, 0.05) is 70.8 Å². The summed E-state index contributed by atoms with van der Waals surface area (Å²) in [6.45, 7) is 18.4. The Hall–Kier alpha value is -5.96. The maximum absolute atomic E-state index is 13.4. The molecule has 0 spiro atoms. The van der Waals surface area contributed by atoms with Crippen LogP contribution in [0.4, 0.5) is 0 Å². The Morgan fingerprint density at radius 2 is 0.847 bits per heavy atom. The predicted octanol–water partition coefficient (Wildman–Crippen LogP) is 5.76. The number of hydrogen-bond acceptors (Lipinski definition) is 17. The summed E-state index contributed by atoms with van der Waals surface area (Å²) in [5, 5.41) is 8.33. The van der Waals surface area contributed by atoms with E-state index in [0.29, 0.717) is 103 Å². The number of esters is 3. The number of unbranched alkanes of at least 4 members (excludes halogenated alkanes) is 13. The molecular weight excluding hydrogens is 939 g/mol. The second-order valence-electron chi connectivity index (χ2n) is 16.1. The van der Waals surface area contributed by atoms with Crippen LogP contribution in [0.2, 0.25) is 0 Å². The fourth-order valence-electron chi connectivity index (χ4n) is 6.26. The van der Waals surface area contributed by atoms with Crippen molar-refractivity contribution in [1.82, 2.24) is 13.7 Å². The van der Waals surface area contributed by atoms with Crippen molar-refractivity contribution < 1.29 is 67.4 Å². The first-order chi connectivity index (χ1) is 34.7. The molecule has 0 fully saturated rings. The SMILES string of the molecule is C=CC(=O)CC(=O)CCCCCCCn1c(=O)n(CCCCCCCC(=O)COC(=O)C=C)c(=O)n(CCCCCCCC(=O)COC(=O)C=C)c1=O.C=CC(=O)OCCCCO.C=CCOOCCOC. The number of aromatic nitrogens is 3. The van der Waals surface area contributed by atoms with Crippen molar-refractivity contribution in [3.8, 4) is 0 Å². The summed E-state index contributed by atoms with van der Waals surface area (Å²) in [6.07, 6.45) is 18.2. The molecule has 406 valence electrons. The summed E-state index contributed by atoms with van der Waals surface area (Å²) in [7, 11) is 1.61. The maximum atomic E-state index is 13.4. The van der Waals surface area contributed by atoms with Crippen molar-refractivity contribution in [2.24, 2.45) is 0 Å². The average molecular weight is 1020 g/mol. The summed E-state index contributed by atoms with van der Waals surface area (Å²) in [6, 6.07) is 0. The molecule has 0 saturated heterocycles. The van der Waals surface area contributed by atoms with E-state index in [1.807, 2.05) is 0 Å². The van der Waals surface area contributed by atoms with Crippen LogP contribution in [0.15, 0.2) is 77.7 Å². The minimum atomic E-state index is -0.646. The molecule has 0 aliphatic heterocycles. The van der Waals surface area contributed by atoms with Crippen LogP contribution in [0, 0.1) is 0 Å². The largest absolute Gasteiger partial charge is 0.463 e. The summed E-state index contributed by atoms with van der Waals surface area (Å²) < 4.78 is 22.2. The minimum absolute atomic E-state index is 0.123. The summed E-state index contributed by atoms with van der Waals surface area (Å²) >= 11 is 0. The van der Waals surface area contributed by atoms with Gasteiger partial charge in [-0.2, -0.15) is 0 Å². The number of carbonyl (C=O) groups is 7. The molecule has 72 heavy (non-hydrogen) atoms. The number of ketones is 4. The number of allylic oxidation sites excluding steroid dienone is 1. The van der Waals surface area contributed by atoms with E-state index in [4.69, 9.17) is 19.3 Å². The minimum Gasteiger partial charge on any atom is -0.463 e. The van der Waals surface area contributed by atoms with E-state index >= 15 is 0 Å². The number of ether oxygens (including phenoxy) is 4. The third kappa shape index (κ3) is 37.8. The number of nitrogens with zero attached hydrogens (tertiary/aromatic N) is 3. The van der Waals surface area contributed by atoms with E-state index in [1.165, 1.54) is 0 Å². The van der Waals surface area contributed by atoms with E-state index in [0.717, 1.165) is 76.5 Å². The molecule has 1 N–H and O–H groups in total. The normalized spacial score (nSPS) is 10.3. The Labute approximate surface area is 423 Å². The Bertz CT molecular complexity index is 1890. The number of aliphatic hydroxyl groups excluding tert-OH is 1. The lowest BCUT2D eigenvalue weighted by Gasteiger charge is -2.14. The highest BCUT2D eigenvalue weighted by Gasteiger charge is 2.16. The number of aliphatic hydroxyl groups is 1. The Morgan fingerprint density at radius 1 is 0.458 bits per heavy atom. The number of methoxy groups -OCH3 is 1. The molecule has 20 nitrogen and oxygen atoms in total. The van der Waals surface area contributed by atoms with Crippen LogP contribution in [0.25, 0.3) is 0 Å². The third-order valence-electron chi connectivity index (χ3n) is 10.2. The molecule has 0 radical (unpaired) electrons. The first-order valence-corrected chi connectivity index (χ1v) is 24.6. The van der Waals surface area contributed by atoms with Crippen molar-refractivity contribution in [2.45, 2.75) is 154 Å². The lowest BCUT2D eigenvalue weighted by molar-refractivity contribution is -0.290. The Morgan fingerprint density at radius 3 is 1.22 bits per heavy atom. The van der Waals surface area contributed by atoms with Crippen molar-refractivity contribution >= 4 is 41.0 Å². The topological polar surface area (TPSA) is 261 Å². The molecule has 0 saturated carbocycles. The van der Waals surface area contributed by atoms with Crippen molar-refractivity contribution in [3.63, 3.8) is 0 Å². The first-order valence-electron chi connectivity index (χ1n) is 24.6. The molecule has 0 aliphatic carbocycles. The summed E-state index contributed by atoms with van der Waals surface area (Å²) in [4.78, 5) is 129. The number of Topliss-reactive ketones (excluding diaryl/α,β-unsaturated/α-hetero) is 3. The summed E-state index contributed by atoms with van der Waals surface area (Å²) in [5.74, 6) is -2.47. The highest BCUT2D eigenvalue weighted by molar-refractivity contribution is 6.04. The van der Waals surface area contributed by atoms with Crippen LogP contribution >= 0.6 is 0 Å². The van der Waals surface area contributed by atoms with Crippen LogP contribution in [-0.4, -0.2) is 113 Å². The zero-order valence-electron chi connectivity index (χ0n) is 42.7. The van der Waals surface area contributed by atoms with Gasteiger partial charge in [-0.15, -0.1) is 6.58 Å². The van der Waals surface area contributed by atoms with Gasteiger partial charge in [0.1, 0.15) is 32.2 Å². The standard InChI is InChI=1S/C39H57N3O11.C7H12O3.C6H12O3/c1-4-31(43)28-32(44)22-16-10-7-13-19-25-40-37(49)41(26-20-14-8-11-17-23-33(45)29-52-35(47)5-2)39(51)42(38(40)50)27-21-15-9-12-18-24-34(46)30-53-36(48)6-3;1-2-7(9)10-6-4-3-5-8;1-3-4-8-9-6-5-7-2/h4-6H,1-3,7-30H2;2,8H,1,3-6H2;3H,1,4-6H2,2H3. The highest BCUT2D eigenvalue weighted by atomic mass is 17.2.